The molecule has 20 heavy (non-hydrogen) atoms. The molecule has 0 spiro atoms. The van der Waals surface area contributed by atoms with Crippen LogP contribution in [-0.4, -0.2) is 17.0 Å². The van der Waals surface area contributed by atoms with E-state index in [1.54, 1.807) is 13.8 Å². The minimum absolute atomic E-state index is 0.000210. The number of aryl methyl sites for hydroxylation is 1. The largest absolute Gasteiger partial charge is 0.481 e. The van der Waals surface area contributed by atoms with E-state index in [0.29, 0.717) is 18.5 Å². The lowest BCUT2D eigenvalue weighted by Crippen LogP contribution is -2.34. The third-order valence-corrected chi connectivity index (χ3v) is 4.92. The Kier molecular flexibility index (Phi) is 5.98. The highest BCUT2D eigenvalue weighted by atomic mass is 127. The van der Waals surface area contributed by atoms with Crippen molar-refractivity contribution in [3.8, 4) is 0 Å². The maximum absolute atomic E-state index is 12.1. The Balaban J connectivity index is 2.80. The first-order valence-electron chi connectivity index (χ1n) is 6.64. The predicted molar refractivity (Wildman–Crippen MR) is 87.8 cm³/mol. The molecule has 0 aliphatic rings. The molecule has 0 heterocycles. The van der Waals surface area contributed by atoms with Gasteiger partial charge < -0.3 is 10.4 Å². The van der Waals surface area contributed by atoms with E-state index in [1.165, 1.54) is 0 Å². The molecule has 0 atom stereocenters. The van der Waals surface area contributed by atoms with Crippen LogP contribution in [0, 0.1) is 15.9 Å². The van der Waals surface area contributed by atoms with Gasteiger partial charge in [0.2, 0.25) is 5.91 Å². The van der Waals surface area contributed by atoms with E-state index in [1.807, 2.05) is 25.1 Å². The molecule has 1 amide bonds. The highest BCUT2D eigenvalue weighted by Crippen LogP contribution is 2.31. The second kappa shape index (κ2) is 7.06. The van der Waals surface area contributed by atoms with Crippen molar-refractivity contribution in [2.45, 2.75) is 40.0 Å². The van der Waals surface area contributed by atoms with E-state index >= 15 is 0 Å². The third-order valence-electron chi connectivity index (χ3n) is 3.76. The molecule has 2 N–H and O–H groups in total. The quantitative estimate of drug-likeness (QED) is 0.727. The Morgan fingerprint density at radius 1 is 1.30 bits per heavy atom. The molecule has 0 aliphatic carbocycles. The van der Waals surface area contributed by atoms with Crippen LogP contribution in [0.15, 0.2) is 18.2 Å². The number of carbonyl (C=O) groups excluding carboxylic acids is 1. The summed E-state index contributed by atoms with van der Waals surface area (Å²) in [5, 5.41) is 12.1. The Morgan fingerprint density at radius 3 is 2.35 bits per heavy atom. The first-order chi connectivity index (χ1) is 9.34. The van der Waals surface area contributed by atoms with Crippen molar-refractivity contribution in [3.05, 3.63) is 27.3 Å². The molecule has 0 saturated heterocycles. The zero-order chi connectivity index (χ0) is 15.3. The minimum atomic E-state index is -0.970. The van der Waals surface area contributed by atoms with Gasteiger partial charge in [-0.25, -0.2) is 0 Å². The number of anilines is 1. The lowest BCUT2D eigenvalue weighted by Gasteiger charge is -2.25. The van der Waals surface area contributed by atoms with E-state index in [-0.39, 0.29) is 12.3 Å². The molecule has 1 aromatic rings. The number of rotatable bonds is 6. The monoisotopic (exact) mass is 389 g/mol. The van der Waals surface area contributed by atoms with Crippen molar-refractivity contribution in [2.24, 2.45) is 5.41 Å². The van der Waals surface area contributed by atoms with E-state index in [4.69, 9.17) is 0 Å². The molecule has 5 heteroatoms. The summed E-state index contributed by atoms with van der Waals surface area (Å²) in [7, 11) is 0. The Hall–Kier alpha value is -1.11. The number of carbonyl (C=O) groups is 2. The first-order valence-corrected chi connectivity index (χ1v) is 7.72. The van der Waals surface area contributed by atoms with Crippen LogP contribution in [0.2, 0.25) is 0 Å². The highest BCUT2D eigenvalue weighted by molar-refractivity contribution is 14.1. The molecule has 1 aromatic carbocycles. The summed E-state index contributed by atoms with van der Waals surface area (Å²) in [5.41, 5.74) is 0.879. The minimum Gasteiger partial charge on any atom is -0.481 e. The number of carboxylic acid groups (broad SMARTS) is 1. The molecular formula is C15H20INO3. The van der Waals surface area contributed by atoms with E-state index < -0.39 is 11.4 Å². The molecule has 0 aromatic heterocycles. The number of halogens is 1. The molecule has 0 radical (unpaired) electrons. The molecule has 0 unspecified atom stereocenters. The number of carboxylic acids is 1. The fourth-order valence-electron chi connectivity index (χ4n) is 2.06. The van der Waals surface area contributed by atoms with Crippen LogP contribution in [0.5, 0.6) is 0 Å². The standard InChI is InChI=1S/C15H20INO3/c1-4-15(5-2,14(19)20)9-13(18)17-11-7-6-10(3)12(16)8-11/h6-8H,4-5,9H2,1-3H3,(H,17,18)(H,19,20). The number of hydrogen-bond acceptors (Lipinski definition) is 2. The van der Waals surface area contributed by atoms with E-state index in [2.05, 4.69) is 27.9 Å². The van der Waals surface area contributed by atoms with Gasteiger partial charge in [-0.2, -0.15) is 0 Å². The van der Waals surface area contributed by atoms with Crippen LogP contribution in [-0.2, 0) is 9.59 Å². The molecular weight excluding hydrogens is 369 g/mol. The summed E-state index contributed by atoms with van der Waals surface area (Å²) < 4.78 is 1.07. The smallest absolute Gasteiger partial charge is 0.310 e. The average Bonchev–Trinajstić information content (AvgIpc) is 2.40. The van der Waals surface area contributed by atoms with Gasteiger partial charge in [-0.3, -0.25) is 9.59 Å². The number of aliphatic carboxylic acids is 1. The summed E-state index contributed by atoms with van der Waals surface area (Å²) in [5.74, 6) is -1.16. The van der Waals surface area contributed by atoms with E-state index in [0.717, 1.165) is 9.13 Å². The second-order valence-electron chi connectivity index (χ2n) is 4.98. The Morgan fingerprint density at radius 2 is 1.90 bits per heavy atom. The summed E-state index contributed by atoms with van der Waals surface area (Å²) in [4.78, 5) is 23.5. The first kappa shape index (κ1) is 16.9. The van der Waals surface area contributed by atoms with Gasteiger partial charge in [0.1, 0.15) is 0 Å². The lowest BCUT2D eigenvalue weighted by molar-refractivity contribution is -0.151. The summed E-state index contributed by atoms with van der Waals surface area (Å²) >= 11 is 2.20. The van der Waals surface area contributed by atoms with Gasteiger partial charge in [0, 0.05) is 15.7 Å². The molecule has 0 saturated carbocycles. The molecule has 0 aliphatic heterocycles. The zero-order valence-electron chi connectivity index (χ0n) is 12.0. The van der Waals surface area contributed by atoms with Gasteiger partial charge in [0.05, 0.1) is 5.41 Å². The molecule has 4 nitrogen and oxygen atoms in total. The number of amides is 1. The SMILES string of the molecule is CCC(CC)(CC(=O)Nc1ccc(C)c(I)c1)C(=O)O. The van der Waals surface area contributed by atoms with Gasteiger partial charge in [-0.05, 0) is 60.1 Å². The molecule has 110 valence electrons. The molecule has 0 bridgehead atoms. The number of benzene rings is 1. The third kappa shape index (κ3) is 3.94. The van der Waals surface area contributed by atoms with Crippen LogP contribution in [0.1, 0.15) is 38.7 Å². The Labute approximate surface area is 133 Å². The lowest BCUT2D eigenvalue weighted by atomic mass is 9.79. The van der Waals surface area contributed by atoms with Crippen molar-refractivity contribution in [1.82, 2.24) is 0 Å². The van der Waals surface area contributed by atoms with Gasteiger partial charge in [0.15, 0.2) is 0 Å². The number of nitrogens with one attached hydrogen (secondary N) is 1. The molecule has 1 rings (SSSR count). The van der Waals surface area contributed by atoms with Crippen molar-refractivity contribution in [2.75, 3.05) is 5.32 Å². The van der Waals surface area contributed by atoms with Crippen molar-refractivity contribution in [3.63, 3.8) is 0 Å². The summed E-state index contributed by atoms with van der Waals surface area (Å²) in [6, 6.07) is 5.64. The van der Waals surface area contributed by atoms with E-state index in [9.17, 15) is 14.7 Å². The van der Waals surface area contributed by atoms with Crippen molar-refractivity contribution in [1.29, 1.82) is 0 Å². The fraction of sp³-hybridized carbons (Fsp3) is 0.467. The van der Waals surface area contributed by atoms with Gasteiger partial charge in [0.25, 0.3) is 0 Å². The zero-order valence-corrected chi connectivity index (χ0v) is 14.2. The van der Waals surface area contributed by atoms with Gasteiger partial charge in [-0.1, -0.05) is 19.9 Å². The predicted octanol–water partition coefficient (Wildman–Crippen LogP) is 3.82. The van der Waals surface area contributed by atoms with Crippen molar-refractivity contribution >= 4 is 40.2 Å². The summed E-state index contributed by atoms with van der Waals surface area (Å²) in [6.45, 7) is 5.61. The van der Waals surface area contributed by atoms with Crippen molar-refractivity contribution < 1.29 is 14.7 Å². The molecule has 0 fully saturated rings. The summed E-state index contributed by atoms with van der Waals surface area (Å²) in [6.07, 6.45) is 0.884. The normalized spacial score (nSPS) is 11.2. The van der Waals surface area contributed by atoms with Crippen LogP contribution in [0.4, 0.5) is 5.69 Å². The van der Waals surface area contributed by atoms with Crippen LogP contribution < -0.4 is 5.32 Å². The van der Waals surface area contributed by atoms with Crippen LogP contribution in [0.25, 0.3) is 0 Å². The van der Waals surface area contributed by atoms with Crippen LogP contribution in [0.3, 0.4) is 0 Å². The Bertz CT molecular complexity index is 510. The highest BCUT2D eigenvalue weighted by Gasteiger charge is 2.37. The van der Waals surface area contributed by atoms with Gasteiger partial charge >= 0.3 is 5.97 Å². The van der Waals surface area contributed by atoms with Crippen LogP contribution >= 0.6 is 22.6 Å². The van der Waals surface area contributed by atoms with Gasteiger partial charge in [-0.15, -0.1) is 0 Å². The maximum atomic E-state index is 12.1. The average molecular weight is 389 g/mol. The maximum Gasteiger partial charge on any atom is 0.310 e. The fourth-order valence-corrected chi connectivity index (χ4v) is 2.58. The second-order valence-corrected chi connectivity index (χ2v) is 6.14. The number of hydrogen-bond donors (Lipinski definition) is 2. The topological polar surface area (TPSA) is 66.4 Å².